The van der Waals surface area contributed by atoms with Crippen molar-refractivity contribution in [2.45, 2.75) is 44.2 Å². The Morgan fingerprint density at radius 3 is 2.28 bits per heavy atom. The van der Waals surface area contributed by atoms with Crippen molar-refractivity contribution in [2.75, 3.05) is 19.8 Å². The first-order valence-corrected chi connectivity index (χ1v) is 10.4. The number of nitrogens with two attached hydrogens (primary N) is 2. The summed E-state index contributed by atoms with van der Waals surface area (Å²) in [4.78, 5) is 54.1. The van der Waals surface area contributed by atoms with E-state index in [0.717, 1.165) is 4.90 Å². The lowest BCUT2D eigenvalue weighted by atomic mass is 10.1. The first-order valence-electron chi connectivity index (χ1n) is 10.4. The van der Waals surface area contributed by atoms with Crippen LogP contribution in [0.1, 0.15) is 52.8 Å². The van der Waals surface area contributed by atoms with E-state index in [0.29, 0.717) is 19.3 Å². The van der Waals surface area contributed by atoms with Crippen molar-refractivity contribution in [2.24, 2.45) is 16.5 Å². The molecule has 10 nitrogen and oxygen atoms in total. The number of amidine groups is 1. The van der Waals surface area contributed by atoms with Gasteiger partial charge in [0, 0.05) is 13.1 Å². The van der Waals surface area contributed by atoms with Gasteiger partial charge in [0.1, 0.15) is 24.6 Å². The normalized spacial score (nSPS) is 15.4. The number of amides is 3. The number of unbranched alkanes of at least 4 members (excludes halogenated alkanes) is 1. The second kappa shape index (κ2) is 11.9. The molecule has 2 unspecified atom stereocenters. The zero-order chi connectivity index (χ0) is 23.7. The second-order valence-corrected chi connectivity index (χ2v) is 7.42. The van der Waals surface area contributed by atoms with Crippen LogP contribution in [0.5, 0.6) is 0 Å². The van der Waals surface area contributed by atoms with Crippen LogP contribution in [0, 0.1) is 0 Å². The molecule has 11 heteroatoms. The Morgan fingerprint density at radius 2 is 1.72 bits per heavy atom. The number of nitrogens with one attached hydrogen (secondary N) is 1. The first kappa shape index (κ1) is 24.9. The summed E-state index contributed by atoms with van der Waals surface area (Å²) in [5.74, 6) is -2.85. The number of benzene rings is 1. The van der Waals surface area contributed by atoms with Crippen LogP contribution in [0.3, 0.4) is 0 Å². The maximum Gasteiger partial charge on any atom is 0.320 e. The van der Waals surface area contributed by atoms with Gasteiger partial charge >= 0.3 is 5.97 Å². The molecule has 6 N–H and O–H groups in total. The summed E-state index contributed by atoms with van der Waals surface area (Å²) in [6, 6.07) is 4.27. The van der Waals surface area contributed by atoms with Crippen LogP contribution in [-0.2, 0) is 9.59 Å². The number of aliphatic imine (C=N–C) groups is 1. The quantitative estimate of drug-likeness (QED) is 0.147. The summed E-state index contributed by atoms with van der Waals surface area (Å²) >= 11 is 0. The van der Waals surface area contributed by atoms with Crippen LogP contribution >= 0.6 is 0 Å². The highest BCUT2D eigenvalue weighted by Gasteiger charge is 2.42. The number of nitrogens with zero attached hydrogens (tertiary/aromatic N) is 2. The molecule has 1 aliphatic rings. The minimum atomic E-state index is -1.13. The molecule has 174 valence electrons. The van der Waals surface area contributed by atoms with Crippen molar-refractivity contribution >= 4 is 29.5 Å². The Bertz CT molecular complexity index is 856. The predicted molar refractivity (Wildman–Crippen MR) is 115 cm³/mol. The molecule has 2 atom stereocenters. The molecule has 3 amide bonds. The predicted octanol–water partition coefficient (Wildman–Crippen LogP) is 0.457. The van der Waals surface area contributed by atoms with Crippen molar-refractivity contribution in [1.29, 1.82) is 0 Å². The molecule has 2 rings (SSSR count). The zero-order valence-electron chi connectivity index (χ0n) is 17.6. The van der Waals surface area contributed by atoms with Crippen molar-refractivity contribution in [3.63, 3.8) is 0 Å². The molecule has 0 spiro atoms. The number of hydrogen-bond acceptors (Lipinski definition) is 6. The molecule has 0 aliphatic carbocycles. The van der Waals surface area contributed by atoms with Gasteiger partial charge < -0.3 is 21.9 Å². The maximum absolute atomic E-state index is 12.9. The molecular formula is C21H28FN5O5. The van der Waals surface area contributed by atoms with Crippen LogP contribution < -0.4 is 16.8 Å². The number of hydrogen-bond donors (Lipinski definition) is 4. The number of imide groups is 1. The van der Waals surface area contributed by atoms with Gasteiger partial charge in [-0.05, 0) is 44.2 Å². The minimum absolute atomic E-state index is 0.112. The van der Waals surface area contributed by atoms with Crippen molar-refractivity contribution in [1.82, 2.24) is 10.2 Å². The number of carbonyl (C=O) groups excluding carboxylic acids is 3. The molecule has 0 bridgehead atoms. The lowest BCUT2D eigenvalue weighted by molar-refractivity contribution is -0.138. The van der Waals surface area contributed by atoms with E-state index < -0.39 is 42.4 Å². The third-order valence-corrected chi connectivity index (χ3v) is 5.09. The highest BCUT2D eigenvalue weighted by atomic mass is 19.1. The van der Waals surface area contributed by atoms with Gasteiger partial charge in [-0.1, -0.05) is 12.1 Å². The maximum atomic E-state index is 12.9. The third-order valence-electron chi connectivity index (χ3n) is 5.09. The topological polar surface area (TPSA) is 168 Å². The van der Waals surface area contributed by atoms with Gasteiger partial charge in [-0.15, -0.1) is 0 Å². The van der Waals surface area contributed by atoms with E-state index in [2.05, 4.69) is 10.3 Å². The standard InChI is InChI=1S/C21H28FN5O5/c22-12-17(24)25-10-4-3-9-16(18(28)26-11-5-8-15(23)21(31)32)27-19(29)13-6-1-2-7-14(13)20(27)30/h1-2,6-7,15-16H,3-5,8-12,23H2,(H2,24,25)(H,26,28)(H,31,32). The average molecular weight is 449 g/mol. The fraction of sp³-hybridized carbons (Fsp3) is 0.476. The Labute approximate surface area is 184 Å². The van der Waals surface area contributed by atoms with Gasteiger partial charge in [-0.25, -0.2) is 4.39 Å². The van der Waals surface area contributed by atoms with Crippen LogP contribution in [0.25, 0.3) is 0 Å². The van der Waals surface area contributed by atoms with Gasteiger partial charge in [0.25, 0.3) is 11.8 Å². The molecule has 1 aromatic rings. The second-order valence-electron chi connectivity index (χ2n) is 7.42. The average Bonchev–Trinajstić information content (AvgIpc) is 3.03. The lowest BCUT2D eigenvalue weighted by Crippen LogP contribution is -2.49. The smallest absolute Gasteiger partial charge is 0.320 e. The van der Waals surface area contributed by atoms with Crippen molar-refractivity contribution < 1.29 is 28.7 Å². The summed E-state index contributed by atoms with van der Waals surface area (Å²) < 4.78 is 12.4. The summed E-state index contributed by atoms with van der Waals surface area (Å²) in [6.07, 6.45) is 1.61. The number of fused-ring (bicyclic) bond motifs is 1. The minimum Gasteiger partial charge on any atom is -0.480 e. The summed E-state index contributed by atoms with van der Waals surface area (Å²) in [6.45, 7) is -0.429. The summed E-state index contributed by atoms with van der Waals surface area (Å²) in [5.41, 5.74) is 11.3. The van der Waals surface area contributed by atoms with E-state index in [1.54, 1.807) is 12.1 Å². The van der Waals surface area contributed by atoms with E-state index in [1.165, 1.54) is 12.1 Å². The van der Waals surface area contributed by atoms with Gasteiger partial charge in [0.05, 0.1) is 11.1 Å². The van der Waals surface area contributed by atoms with E-state index in [9.17, 15) is 23.6 Å². The number of aliphatic carboxylic acids is 1. The van der Waals surface area contributed by atoms with Gasteiger partial charge in [0.2, 0.25) is 5.91 Å². The van der Waals surface area contributed by atoms with Crippen molar-refractivity contribution in [3.05, 3.63) is 35.4 Å². The number of carboxylic acid groups (broad SMARTS) is 1. The number of carbonyl (C=O) groups is 4. The fourth-order valence-corrected chi connectivity index (χ4v) is 3.36. The van der Waals surface area contributed by atoms with Gasteiger partial charge in [-0.2, -0.15) is 0 Å². The largest absolute Gasteiger partial charge is 0.480 e. The molecule has 0 saturated carbocycles. The van der Waals surface area contributed by atoms with Crippen molar-refractivity contribution in [3.8, 4) is 0 Å². The first-order chi connectivity index (χ1) is 15.3. The van der Waals surface area contributed by atoms with E-state index in [-0.39, 0.29) is 42.9 Å². The third kappa shape index (κ3) is 6.33. The Morgan fingerprint density at radius 1 is 1.09 bits per heavy atom. The Kier molecular flexibility index (Phi) is 9.26. The Balaban J connectivity index is 2.04. The SMILES string of the molecule is NC(CF)=NCCCCC(C(=O)NCCCC(N)C(=O)O)N1C(=O)c2ccccc2C1=O. The lowest BCUT2D eigenvalue weighted by Gasteiger charge is -2.25. The van der Waals surface area contributed by atoms with Crippen LogP contribution in [0.4, 0.5) is 4.39 Å². The van der Waals surface area contributed by atoms with Crippen LogP contribution in [-0.4, -0.2) is 71.4 Å². The highest BCUT2D eigenvalue weighted by Crippen LogP contribution is 2.26. The molecule has 0 radical (unpaired) electrons. The Hall–Kier alpha value is -3.34. The molecule has 1 heterocycles. The van der Waals surface area contributed by atoms with Crippen LogP contribution in [0.15, 0.2) is 29.3 Å². The van der Waals surface area contributed by atoms with E-state index >= 15 is 0 Å². The van der Waals surface area contributed by atoms with Crippen LogP contribution in [0.2, 0.25) is 0 Å². The number of carboxylic acids is 1. The molecule has 32 heavy (non-hydrogen) atoms. The number of halogens is 1. The molecule has 1 aromatic carbocycles. The molecule has 0 aromatic heterocycles. The van der Waals surface area contributed by atoms with Gasteiger partial charge in [0.15, 0.2) is 0 Å². The van der Waals surface area contributed by atoms with Gasteiger partial charge in [-0.3, -0.25) is 29.1 Å². The number of rotatable bonds is 13. The van der Waals surface area contributed by atoms with E-state index in [1.807, 2.05) is 0 Å². The summed E-state index contributed by atoms with van der Waals surface area (Å²) in [7, 11) is 0. The van der Waals surface area contributed by atoms with E-state index in [4.69, 9.17) is 16.6 Å². The molecule has 1 aliphatic heterocycles. The highest BCUT2D eigenvalue weighted by molar-refractivity contribution is 6.22. The summed E-state index contributed by atoms with van der Waals surface area (Å²) in [5, 5.41) is 11.5. The zero-order valence-corrected chi connectivity index (χ0v) is 17.6. The fourth-order valence-electron chi connectivity index (χ4n) is 3.36. The molecule has 0 fully saturated rings. The monoisotopic (exact) mass is 449 g/mol. The number of alkyl halides is 1. The molecular weight excluding hydrogens is 421 g/mol. The molecule has 0 saturated heterocycles.